The summed E-state index contributed by atoms with van der Waals surface area (Å²) in [6.07, 6.45) is 0. The quantitative estimate of drug-likeness (QED) is 0.168. The van der Waals surface area contributed by atoms with Gasteiger partial charge in [0, 0.05) is 38.4 Å². The Morgan fingerprint density at radius 2 is 0.750 bits per heavy atom. The summed E-state index contributed by atoms with van der Waals surface area (Å²) in [6, 6.07) is 79.9. The summed E-state index contributed by atoms with van der Waals surface area (Å²) in [6.45, 7) is 0. The number of nitrogens with zero attached hydrogens (tertiary/aromatic N) is 5. The predicted molar refractivity (Wildman–Crippen MR) is 265 cm³/mol. The maximum Gasteiger partial charge on any atom is 0.238 e. The Hall–Kier alpha value is -8.67. The molecule has 0 fully saturated rings. The van der Waals surface area contributed by atoms with Gasteiger partial charge in [0.25, 0.3) is 0 Å². The highest BCUT2D eigenvalue weighted by atomic mass is 15.2. The van der Waals surface area contributed by atoms with Crippen LogP contribution in [0.15, 0.2) is 224 Å². The second-order valence-electron chi connectivity index (χ2n) is 16.5. The van der Waals surface area contributed by atoms with E-state index in [0.717, 1.165) is 66.3 Å². The van der Waals surface area contributed by atoms with Gasteiger partial charge in [-0.05, 0) is 86.3 Å². The van der Waals surface area contributed by atoms with Crippen LogP contribution in [0.2, 0.25) is 0 Å². The van der Waals surface area contributed by atoms with Crippen molar-refractivity contribution < 1.29 is 0 Å². The summed E-state index contributed by atoms with van der Waals surface area (Å²) in [5.74, 6) is 1.78. The maximum atomic E-state index is 5.34. The average Bonchev–Trinajstić information content (AvgIpc) is 3.88. The molecule has 0 radical (unpaired) electrons. The van der Waals surface area contributed by atoms with Gasteiger partial charge in [0.15, 0.2) is 11.6 Å². The van der Waals surface area contributed by atoms with Crippen molar-refractivity contribution in [3.8, 4) is 56.7 Å². The molecule has 13 aromatic rings. The Bertz CT molecular complexity index is 3820. The molecule has 0 unspecified atom stereocenters. The summed E-state index contributed by atoms with van der Waals surface area (Å²) in [5, 5.41) is 9.57. The molecule has 0 aliphatic carbocycles. The van der Waals surface area contributed by atoms with Gasteiger partial charge in [-0.3, -0.25) is 4.57 Å². The Morgan fingerprint density at radius 1 is 0.266 bits per heavy atom. The van der Waals surface area contributed by atoms with E-state index >= 15 is 0 Å². The van der Waals surface area contributed by atoms with Gasteiger partial charge in [-0.15, -0.1) is 0 Å². The molecule has 0 aliphatic heterocycles. The lowest BCUT2D eigenvalue weighted by Crippen LogP contribution is -2.06. The third-order valence-corrected chi connectivity index (χ3v) is 12.8. The normalized spacial score (nSPS) is 11.8. The number of rotatable bonds is 6. The third kappa shape index (κ3) is 5.83. The van der Waals surface area contributed by atoms with Crippen molar-refractivity contribution in [2.45, 2.75) is 0 Å². The van der Waals surface area contributed by atoms with E-state index in [0.29, 0.717) is 17.6 Å². The van der Waals surface area contributed by atoms with Crippen LogP contribution < -0.4 is 0 Å². The molecule has 0 bridgehead atoms. The highest BCUT2D eigenvalue weighted by molar-refractivity contribution is 6.21. The molecule has 0 aliphatic rings. The van der Waals surface area contributed by atoms with Gasteiger partial charge in [0.1, 0.15) is 0 Å². The second kappa shape index (κ2) is 14.5. The Kier molecular flexibility index (Phi) is 8.15. The minimum absolute atomic E-state index is 0.561. The molecule has 0 spiro atoms. The fourth-order valence-electron chi connectivity index (χ4n) is 9.67. The van der Waals surface area contributed by atoms with Crippen LogP contribution in [0.1, 0.15) is 0 Å². The van der Waals surface area contributed by atoms with Crippen molar-refractivity contribution in [1.29, 1.82) is 0 Å². The number of benzene rings is 10. The van der Waals surface area contributed by atoms with Crippen molar-refractivity contribution in [2.75, 3.05) is 0 Å². The summed E-state index contributed by atoms with van der Waals surface area (Å²) in [4.78, 5) is 15.9. The number of hydrogen-bond donors (Lipinski definition) is 0. The van der Waals surface area contributed by atoms with Gasteiger partial charge in [0.05, 0.1) is 22.1 Å². The first kappa shape index (κ1) is 36.0. The van der Waals surface area contributed by atoms with Crippen LogP contribution in [-0.2, 0) is 0 Å². The first-order valence-electron chi connectivity index (χ1n) is 21.7. The van der Waals surface area contributed by atoms with Crippen LogP contribution in [0, 0.1) is 0 Å². The standard InChI is InChI=1S/C59H37N5/c1-3-13-38(14-4-1)40-23-27-43(28-24-40)57-60-58(44-29-25-41(26-30-44)39-15-5-2-6-16-39)62-59(61-57)64-53-34-32-47(37-51(53)50-35-45-18-7-8-19-46(45)36-55(50)64)63-52-22-12-11-21-49(52)56-48-20-10-9-17-42(48)31-33-54(56)63/h1-37H. The van der Waals surface area contributed by atoms with Crippen molar-refractivity contribution in [2.24, 2.45) is 0 Å². The van der Waals surface area contributed by atoms with Gasteiger partial charge in [-0.25, -0.2) is 4.98 Å². The van der Waals surface area contributed by atoms with Crippen molar-refractivity contribution in [3.05, 3.63) is 224 Å². The molecule has 3 aromatic heterocycles. The van der Waals surface area contributed by atoms with E-state index in [1.807, 2.05) is 12.1 Å². The molecule has 298 valence electrons. The smallest absolute Gasteiger partial charge is 0.238 e. The van der Waals surface area contributed by atoms with E-state index in [9.17, 15) is 0 Å². The lowest BCUT2D eigenvalue weighted by atomic mass is 10.0. The van der Waals surface area contributed by atoms with Gasteiger partial charge in [0.2, 0.25) is 5.95 Å². The fourth-order valence-corrected chi connectivity index (χ4v) is 9.67. The topological polar surface area (TPSA) is 48.5 Å². The van der Waals surface area contributed by atoms with Crippen LogP contribution in [0.4, 0.5) is 0 Å². The SMILES string of the molecule is c1ccc(-c2ccc(-c3nc(-c4ccc(-c5ccccc5)cc4)nc(-n4c5ccc(-n6c7ccccc7c7c8ccccc8ccc76)cc5c5cc6ccccc6cc54)n3)cc2)cc1. The van der Waals surface area contributed by atoms with Crippen LogP contribution in [0.3, 0.4) is 0 Å². The first-order valence-corrected chi connectivity index (χ1v) is 21.7. The molecule has 13 rings (SSSR count). The van der Waals surface area contributed by atoms with Crippen LogP contribution in [-0.4, -0.2) is 24.1 Å². The lowest BCUT2D eigenvalue weighted by Gasteiger charge is -2.12. The molecule has 0 amide bonds. The zero-order valence-corrected chi connectivity index (χ0v) is 34.6. The van der Waals surface area contributed by atoms with Crippen molar-refractivity contribution in [3.63, 3.8) is 0 Å². The molecule has 0 saturated carbocycles. The van der Waals surface area contributed by atoms with Crippen molar-refractivity contribution in [1.82, 2.24) is 24.1 Å². The maximum absolute atomic E-state index is 5.34. The zero-order valence-electron chi connectivity index (χ0n) is 34.6. The summed E-state index contributed by atoms with van der Waals surface area (Å²) in [5.41, 5.74) is 11.9. The monoisotopic (exact) mass is 815 g/mol. The minimum Gasteiger partial charge on any atom is -0.309 e. The molecule has 0 N–H and O–H groups in total. The van der Waals surface area contributed by atoms with Crippen molar-refractivity contribution >= 4 is 65.2 Å². The van der Waals surface area contributed by atoms with E-state index in [4.69, 9.17) is 15.0 Å². The summed E-state index contributed by atoms with van der Waals surface area (Å²) in [7, 11) is 0. The summed E-state index contributed by atoms with van der Waals surface area (Å²) >= 11 is 0. The molecule has 64 heavy (non-hydrogen) atoms. The van der Waals surface area contributed by atoms with E-state index in [2.05, 4.69) is 221 Å². The van der Waals surface area contributed by atoms with Crippen LogP contribution in [0.5, 0.6) is 0 Å². The molecule has 5 nitrogen and oxygen atoms in total. The molecule has 10 aromatic carbocycles. The van der Waals surface area contributed by atoms with Gasteiger partial charge >= 0.3 is 0 Å². The van der Waals surface area contributed by atoms with E-state index < -0.39 is 0 Å². The van der Waals surface area contributed by atoms with Gasteiger partial charge in [-0.2, -0.15) is 9.97 Å². The average molecular weight is 816 g/mol. The second-order valence-corrected chi connectivity index (χ2v) is 16.5. The van der Waals surface area contributed by atoms with E-state index in [1.54, 1.807) is 0 Å². The zero-order chi connectivity index (χ0) is 42.1. The Balaban J connectivity index is 1.05. The lowest BCUT2D eigenvalue weighted by molar-refractivity contribution is 0.953. The first-order chi connectivity index (χ1) is 31.7. The molecular weight excluding hydrogens is 779 g/mol. The van der Waals surface area contributed by atoms with Gasteiger partial charge in [-0.1, -0.05) is 182 Å². The molecule has 0 atom stereocenters. The summed E-state index contributed by atoms with van der Waals surface area (Å²) < 4.78 is 4.64. The minimum atomic E-state index is 0.561. The largest absolute Gasteiger partial charge is 0.309 e. The van der Waals surface area contributed by atoms with E-state index in [1.165, 1.54) is 38.0 Å². The Morgan fingerprint density at radius 3 is 1.41 bits per heavy atom. The van der Waals surface area contributed by atoms with Crippen LogP contribution >= 0.6 is 0 Å². The number of fused-ring (bicyclic) bond motifs is 9. The molecule has 0 saturated heterocycles. The molecular formula is C59H37N5. The van der Waals surface area contributed by atoms with Crippen LogP contribution in [0.25, 0.3) is 122 Å². The fraction of sp³-hybridized carbons (Fsp3) is 0. The predicted octanol–water partition coefficient (Wildman–Crippen LogP) is 15.0. The van der Waals surface area contributed by atoms with E-state index in [-0.39, 0.29) is 0 Å². The third-order valence-electron chi connectivity index (χ3n) is 12.8. The highest BCUT2D eigenvalue weighted by Gasteiger charge is 2.21. The number of hydrogen-bond acceptors (Lipinski definition) is 3. The highest BCUT2D eigenvalue weighted by Crippen LogP contribution is 2.40. The number of para-hydroxylation sites is 1. The van der Waals surface area contributed by atoms with Gasteiger partial charge < -0.3 is 4.57 Å². The number of aromatic nitrogens is 5. The Labute approximate surface area is 368 Å². The molecule has 3 heterocycles. The molecule has 5 heteroatoms.